The van der Waals surface area contributed by atoms with E-state index >= 15 is 0 Å². The Labute approximate surface area is 145 Å². The molecule has 1 N–H and O–H groups in total. The first-order valence-electron chi connectivity index (χ1n) is 7.73. The van der Waals surface area contributed by atoms with Crippen LogP contribution in [0.4, 0.5) is 0 Å². The SMILES string of the molecule is CCc1nn(C)c(CC(NC)C2SCCSC2CC)c1Br. The number of aryl methyl sites for hydroxylation is 2. The normalized spacial score (nSPS) is 24.2. The predicted molar refractivity (Wildman–Crippen MR) is 99.6 cm³/mol. The fourth-order valence-corrected chi connectivity index (χ4v) is 7.02. The monoisotopic (exact) mass is 391 g/mol. The van der Waals surface area contributed by atoms with E-state index in [9.17, 15) is 0 Å². The number of likely N-dealkylation sites (N-methyl/N-ethyl adjacent to an activating group) is 1. The van der Waals surface area contributed by atoms with Crippen LogP contribution in [0.15, 0.2) is 4.47 Å². The molecule has 3 atom stereocenters. The zero-order chi connectivity index (χ0) is 15.4. The van der Waals surface area contributed by atoms with Gasteiger partial charge in [-0.2, -0.15) is 28.6 Å². The van der Waals surface area contributed by atoms with E-state index in [0.29, 0.717) is 11.3 Å². The summed E-state index contributed by atoms with van der Waals surface area (Å²) < 4.78 is 3.25. The van der Waals surface area contributed by atoms with Crippen LogP contribution in [0.5, 0.6) is 0 Å². The van der Waals surface area contributed by atoms with Gasteiger partial charge in [0.05, 0.1) is 15.9 Å². The number of rotatable bonds is 6. The zero-order valence-electron chi connectivity index (χ0n) is 13.4. The van der Waals surface area contributed by atoms with E-state index in [0.717, 1.165) is 18.1 Å². The molecule has 1 aromatic rings. The molecule has 2 heterocycles. The molecule has 0 bridgehead atoms. The molecule has 120 valence electrons. The van der Waals surface area contributed by atoms with E-state index < -0.39 is 0 Å². The van der Waals surface area contributed by atoms with Gasteiger partial charge in [-0.1, -0.05) is 13.8 Å². The number of thioether (sulfide) groups is 2. The van der Waals surface area contributed by atoms with Crippen molar-refractivity contribution in [3.05, 3.63) is 15.9 Å². The van der Waals surface area contributed by atoms with Gasteiger partial charge in [-0.3, -0.25) is 4.68 Å². The Morgan fingerprint density at radius 3 is 2.67 bits per heavy atom. The van der Waals surface area contributed by atoms with Crippen molar-refractivity contribution < 1.29 is 0 Å². The van der Waals surface area contributed by atoms with Crippen molar-refractivity contribution in [3.63, 3.8) is 0 Å². The quantitative estimate of drug-likeness (QED) is 0.803. The van der Waals surface area contributed by atoms with Crippen molar-refractivity contribution in [1.29, 1.82) is 0 Å². The van der Waals surface area contributed by atoms with Crippen LogP contribution in [-0.2, 0) is 19.9 Å². The second-order valence-corrected chi connectivity index (χ2v) is 8.86. The third-order valence-electron chi connectivity index (χ3n) is 4.18. The van der Waals surface area contributed by atoms with Gasteiger partial charge >= 0.3 is 0 Å². The van der Waals surface area contributed by atoms with Crippen molar-refractivity contribution in [3.8, 4) is 0 Å². The third-order valence-corrected chi connectivity index (χ3v) is 8.50. The average Bonchev–Trinajstić information content (AvgIpc) is 2.79. The Kier molecular flexibility index (Phi) is 6.97. The fourth-order valence-electron chi connectivity index (χ4n) is 2.94. The molecule has 1 aliphatic heterocycles. The maximum absolute atomic E-state index is 4.63. The summed E-state index contributed by atoms with van der Waals surface area (Å²) in [6.45, 7) is 4.48. The summed E-state index contributed by atoms with van der Waals surface area (Å²) in [5.74, 6) is 2.57. The lowest BCUT2D eigenvalue weighted by atomic mass is 10.0. The van der Waals surface area contributed by atoms with Crippen molar-refractivity contribution in [2.45, 2.75) is 49.7 Å². The summed E-state index contributed by atoms with van der Waals surface area (Å²) in [7, 11) is 4.16. The molecule has 1 aliphatic rings. The standard InChI is InChI=1S/C15H26BrN3S2/c1-5-10-14(16)12(19(4)18-10)9-11(17-3)15-13(6-2)20-7-8-21-15/h11,13,15,17H,5-9H2,1-4H3. The predicted octanol–water partition coefficient (Wildman–Crippen LogP) is 3.50. The molecule has 0 aromatic carbocycles. The molecule has 3 unspecified atom stereocenters. The smallest absolute Gasteiger partial charge is 0.0766 e. The largest absolute Gasteiger partial charge is 0.315 e. The fraction of sp³-hybridized carbons (Fsp3) is 0.800. The number of nitrogens with one attached hydrogen (secondary N) is 1. The minimum Gasteiger partial charge on any atom is -0.315 e. The van der Waals surface area contributed by atoms with Gasteiger partial charge in [0, 0.05) is 41.5 Å². The Morgan fingerprint density at radius 1 is 1.38 bits per heavy atom. The molecule has 3 nitrogen and oxygen atoms in total. The Hall–Kier alpha value is 0.350. The highest BCUT2D eigenvalue weighted by atomic mass is 79.9. The number of halogens is 1. The molecule has 0 spiro atoms. The van der Waals surface area contributed by atoms with Crippen molar-refractivity contribution in [2.24, 2.45) is 7.05 Å². The summed E-state index contributed by atoms with van der Waals surface area (Å²) in [6.07, 6.45) is 3.27. The van der Waals surface area contributed by atoms with Crippen molar-refractivity contribution >= 4 is 39.5 Å². The van der Waals surface area contributed by atoms with E-state index in [2.05, 4.69) is 82.5 Å². The molecule has 2 rings (SSSR count). The second kappa shape index (κ2) is 8.27. The van der Waals surface area contributed by atoms with E-state index in [1.807, 2.05) is 0 Å². The first-order valence-corrected chi connectivity index (χ1v) is 10.6. The number of hydrogen-bond donors (Lipinski definition) is 1. The van der Waals surface area contributed by atoms with Crippen LogP contribution in [0.1, 0.15) is 31.7 Å². The summed E-state index contributed by atoms with van der Waals surface area (Å²) in [6, 6.07) is 0.504. The van der Waals surface area contributed by atoms with Crippen LogP contribution < -0.4 is 5.32 Å². The van der Waals surface area contributed by atoms with Crippen LogP contribution in [0.25, 0.3) is 0 Å². The topological polar surface area (TPSA) is 29.9 Å². The van der Waals surface area contributed by atoms with Gasteiger partial charge in [0.1, 0.15) is 0 Å². The maximum atomic E-state index is 4.63. The van der Waals surface area contributed by atoms with Gasteiger partial charge in [-0.15, -0.1) is 0 Å². The van der Waals surface area contributed by atoms with Crippen LogP contribution >= 0.6 is 39.5 Å². The molecule has 0 saturated carbocycles. The molecule has 1 fully saturated rings. The third kappa shape index (κ3) is 4.01. The van der Waals surface area contributed by atoms with E-state index in [-0.39, 0.29) is 0 Å². The molecular weight excluding hydrogens is 366 g/mol. The minimum atomic E-state index is 0.504. The first-order chi connectivity index (χ1) is 10.1. The van der Waals surface area contributed by atoms with Crippen LogP contribution in [0.3, 0.4) is 0 Å². The van der Waals surface area contributed by atoms with E-state index in [1.54, 1.807) is 0 Å². The summed E-state index contributed by atoms with van der Waals surface area (Å²) in [4.78, 5) is 0. The van der Waals surface area contributed by atoms with Crippen LogP contribution in [-0.4, -0.2) is 44.9 Å². The second-order valence-electron chi connectivity index (χ2n) is 5.44. The number of hydrogen-bond acceptors (Lipinski definition) is 4. The van der Waals surface area contributed by atoms with Gasteiger partial charge in [0.2, 0.25) is 0 Å². The molecule has 0 aliphatic carbocycles. The Bertz CT molecular complexity index is 464. The van der Waals surface area contributed by atoms with Crippen molar-refractivity contribution in [1.82, 2.24) is 15.1 Å². The van der Waals surface area contributed by atoms with Gasteiger partial charge in [-0.05, 0) is 35.8 Å². The lowest BCUT2D eigenvalue weighted by Crippen LogP contribution is -2.45. The van der Waals surface area contributed by atoms with Crippen LogP contribution in [0, 0.1) is 0 Å². The molecular formula is C15H26BrN3S2. The van der Waals surface area contributed by atoms with Gasteiger partial charge in [-0.25, -0.2) is 0 Å². The van der Waals surface area contributed by atoms with Crippen LogP contribution in [0.2, 0.25) is 0 Å². The Morgan fingerprint density at radius 2 is 2.10 bits per heavy atom. The summed E-state index contributed by atoms with van der Waals surface area (Å²) >= 11 is 8.05. The minimum absolute atomic E-state index is 0.504. The average molecular weight is 392 g/mol. The number of aromatic nitrogens is 2. The summed E-state index contributed by atoms with van der Waals surface area (Å²) in [5.41, 5.74) is 2.48. The van der Waals surface area contributed by atoms with Gasteiger partial charge in [0.25, 0.3) is 0 Å². The first kappa shape index (κ1) is 17.7. The zero-order valence-corrected chi connectivity index (χ0v) is 16.6. The van der Waals surface area contributed by atoms with Gasteiger partial charge in [0.15, 0.2) is 0 Å². The van der Waals surface area contributed by atoms with Crippen molar-refractivity contribution in [2.75, 3.05) is 18.6 Å². The lowest BCUT2D eigenvalue weighted by Gasteiger charge is -2.36. The Balaban J connectivity index is 2.16. The van der Waals surface area contributed by atoms with E-state index in [4.69, 9.17) is 0 Å². The lowest BCUT2D eigenvalue weighted by molar-refractivity contribution is 0.500. The molecule has 0 amide bonds. The van der Waals surface area contributed by atoms with E-state index in [1.165, 1.54) is 33.8 Å². The molecule has 6 heteroatoms. The van der Waals surface area contributed by atoms with Gasteiger partial charge < -0.3 is 5.32 Å². The molecule has 1 aromatic heterocycles. The molecule has 21 heavy (non-hydrogen) atoms. The highest BCUT2D eigenvalue weighted by Gasteiger charge is 2.32. The maximum Gasteiger partial charge on any atom is 0.0766 e. The highest BCUT2D eigenvalue weighted by molar-refractivity contribution is 9.10. The highest BCUT2D eigenvalue weighted by Crippen LogP contribution is 2.36. The molecule has 1 saturated heterocycles. The number of nitrogens with zero attached hydrogens (tertiary/aromatic N) is 2. The summed E-state index contributed by atoms with van der Waals surface area (Å²) in [5, 5.41) is 9.65. The molecule has 0 radical (unpaired) electrons.